The zero-order valence-corrected chi connectivity index (χ0v) is 5.88. The number of nitrogens with one attached hydrogen (secondary N) is 1. The van der Waals surface area contributed by atoms with Gasteiger partial charge in [0.05, 0.1) is 12.7 Å². The molecule has 3 rings (SSSR count). The van der Waals surface area contributed by atoms with Crippen LogP contribution < -0.4 is 5.32 Å². The van der Waals surface area contributed by atoms with Crippen LogP contribution in [0.5, 0.6) is 0 Å². The summed E-state index contributed by atoms with van der Waals surface area (Å²) < 4.78 is 0. The number of hydrogen-bond acceptors (Lipinski definition) is 3. The standard InChI is InChI=1S/C7H13NO2/c9-4-7-1-5(2-7)6(10)3-8-7/h5-6,8-10H,1-4H2. The first-order valence-corrected chi connectivity index (χ1v) is 3.80. The fourth-order valence-corrected chi connectivity index (χ4v) is 2.03. The average Bonchev–Trinajstić information content (AvgIpc) is 1.87. The molecule has 1 saturated carbocycles. The molecule has 1 aliphatic carbocycles. The lowest BCUT2D eigenvalue weighted by molar-refractivity contribution is -0.0746. The lowest BCUT2D eigenvalue weighted by Gasteiger charge is -2.54. The lowest BCUT2D eigenvalue weighted by atomic mass is 9.63. The molecule has 2 saturated heterocycles. The van der Waals surface area contributed by atoms with Crippen LogP contribution in [-0.4, -0.2) is 35.0 Å². The van der Waals surface area contributed by atoms with Crippen molar-refractivity contribution in [1.82, 2.24) is 5.32 Å². The van der Waals surface area contributed by atoms with Crippen LogP contribution in [0.2, 0.25) is 0 Å². The molecular weight excluding hydrogens is 130 g/mol. The molecule has 0 aromatic carbocycles. The van der Waals surface area contributed by atoms with Crippen LogP contribution in [0.3, 0.4) is 0 Å². The van der Waals surface area contributed by atoms with Crippen LogP contribution in [0.15, 0.2) is 0 Å². The highest BCUT2D eigenvalue weighted by molar-refractivity contribution is 5.07. The van der Waals surface area contributed by atoms with Gasteiger partial charge in [-0.2, -0.15) is 0 Å². The fraction of sp³-hybridized carbons (Fsp3) is 1.00. The Kier molecular flexibility index (Phi) is 1.27. The van der Waals surface area contributed by atoms with Crippen molar-refractivity contribution in [3.63, 3.8) is 0 Å². The van der Waals surface area contributed by atoms with Gasteiger partial charge >= 0.3 is 0 Å². The van der Waals surface area contributed by atoms with Crippen LogP contribution in [0.25, 0.3) is 0 Å². The largest absolute Gasteiger partial charge is 0.394 e. The number of rotatable bonds is 1. The van der Waals surface area contributed by atoms with E-state index in [0.29, 0.717) is 12.5 Å². The van der Waals surface area contributed by atoms with E-state index in [9.17, 15) is 5.11 Å². The van der Waals surface area contributed by atoms with Gasteiger partial charge in [0, 0.05) is 12.1 Å². The summed E-state index contributed by atoms with van der Waals surface area (Å²) in [5.74, 6) is 0.452. The maximum atomic E-state index is 9.28. The summed E-state index contributed by atoms with van der Waals surface area (Å²) in [6.07, 6.45) is 1.73. The van der Waals surface area contributed by atoms with Gasteiger partial charge in [0.1, 0.15) is 0 Å². The fourth-order valence-electron chi connectivity index (χ4n) is 2.03. The summed E-state index contributed by atoms with van der Waals surface area (Å²) in [5, 5.41) is 21.4. The SMILES string of the molecule is OCC12CC(C1)C(O)CN2. The molecule has 3 N–H and O–H groups in total. The van der Waals surface area contributed by atoms with Crippen molar-refractivity contribution in [1.29, 1.82) is 0 Å². The highest BCUT2D eigenvalue weighted by atomic mass is 16.3. The number of hydrogen-bond donors (Lipinski definition) is 3. The molecule has 0 aromatic rings. The summed E-state index contributed by atoms with van der Waals surface area (Å²) in [7, 11) is 0. The van der Waals surface area contributed by atoms with E-state index in [1.165, 1.54) is 0 Å². The minimum atomic E-state index is -0.173. The van der Waals surface area contributed by atoms with Gasteiger partial charge in [0.25, 0.3) is 0 Å². The second-order valence-corrected chi connectivity index (χ2v) is 3.56. The first kappa shape index (κ1) is 6.58. The van der Waals surface area contributed by atoms with Crippen molar-refractivity contribution in [2.45, 2.75) is 24.5 Å². The van der Waals surface area contributed by atoms with E-state index in [2.05, 4.69) is 5.32 Å². The zero-order valence-electron chi connectivity index (χ0n) is 5.88. The summed E-state index contributed by atoms with van der Waals surface area (Å²) in [6.45, 7) is 0.876. The van der Waals surface area contributed by atoms with Crippen LogP contribution in [0.1, 0.15) is 12.8 Å². The normalized spacial score (nSPS) is 52.2. The van der Waals surface area contributed by atoms with Gasteiger partial charge in [-0.1, -0.05) is 0 Å². The summed E-state index contributed by atoms with van der Waals surface area (Å²) in [4.78, 5) is 0. The van der Waals surface area contributed by atoms with E-state index in [1.807, 2.05) is 0 Å². The molecule has 3 nitrogen and oxygen atoms in total. The molecule has 0 spiro atoms. The number of piperidine rings is 2. The predicted octanol–water partition coefficient (Wildman–Crippen LogP) is -0.908. The molecule has 3 aliphatic rings. The van der Waals surface area contributed by atoms with Gasteiger partial charge in [-0.3, -0.25) is 0 Å². The molecule has 2 bridgehead atoms. The third kappa shape index (κ3) is 0.713. The first-order chi connectivity index (χ1) is 4.76. The maximum Gasteiger partial charge on any atom is 0.0694 e. The van der Waals surface area contributed by atoms with Crippen molar-refractivity contribution >= 4 is 0 Å². The Hall–Kier alpha value is -0.120. The Morgan fingerprint density at radius 2 is 2.20 bits per heavy atom. The number of fused-ring (bicyclic) bond motifs is 2. The van der Waals surface area contributed by atoms with Crippen molar-refractivity contribution in [3.8, 4) is 0 Å². The Morgan fingerprint density at radius 3 is 2.60 bits per heavy atom. The smallest absolute Gasteiger partial charge is 0.0694 e. The van der Waals surface area contributed by atoms with Crippen LogP contribution in [-0.2, 0) is 0 Å². The van der Waals surface area contributed by atoms with E-state index < -0.39 is 0 Å². The Balaban J connectivity index is 2.01. The van der Waals surface area contributed by atoms with Gasteiger partial charge in [-0.15, -0.1) is 0 Å². The third-order valence-corrected chi connectivity index (χ3v) is 2.84. The first-order valence-electron chi connectivity index (χ1n) is 3.80. The van der Waals surface area contributed by atoms with Gasteiger partial charge in [-0.05, 0) is 18.8 Å². The Bertz CT molecular complexity index is 137. The second kappa shape index (κ2) is 1.94. The van der Waals surface area contributed by atoms with Crippen molar-refractivity contribution in [3.05, 3.63) is 0 Å². The Morgan fingerprint density at radius 1 is 1.50 bits per heavy atom. The van der Waals surface area contributed by atoms with E-state index in [1.54, 1.807) is 0 Å². The summed E-state index contributed by atoms with van der Waals surface area (Å²) in [5.41, 5.74) is -0.0100. The van der Waals surface area contributed by atoms with Crippen molar-refractivity contribution in [2.75, 3.05) is 13.2 Å². The van der Waals surface area contributed by atoms with Gasteiger partial charge in [0.2, 0.25) is 0 Å². The monoisotopic (exact) mass is 143 g/mol. The van der Waals surface area contributed by atoms with Gasteiger partial charge in [-0.25, -0.2) is 0 Å². The summed E-state index contributed by atoms with van der Waals surface area (Å²) in [6, 6.07) is 0. The molecule has 0 aromatic heterocycles. The van der Waals surface area contributed by atoms with Gasteiger partial charge in [0.15, 0.2) is 0 Å². The van der Waals surface area contributed by atoms with Gasteiger partial charge < -0.3 is 15.5 Å². The van der Waals surface area contributed by atoms with Crippen molar-refractivity contribution in [2.24, 2.45) is 5.92 Å². The molecule has 0 amide bonds. The molecule has 0 radical (unpaired) electrons. The lowest BCUT2D eigenvalue weighted by Crippen LogP contribution is -2.67. The highest BCUT2D eigenvalue weighted by Gasteiger charge is 2.50. The maximum absolute atomic E-state index is 9.28. The number of β-amino-alcohol motifs (C(OH)–C–C–N with tert-alkyl or cyclic N) is 1. The van der Waals surface area contributed by atoms with E-state index >= 15 is 0 Å². The topological polar surface area (TPSA) is 52.5 Å². The molecule has 3 heteroatoms. The Labute approximate surface area is 60.1 Å². The summed E-state index contributed by atoms with van der Waals surface area (Å²) >= 11 is 0. The molecular formula is C7H13NO2. The van der Waals surface area contributed by atoms with Crippen LogP contribution >= 0.6 is 0 Å². The second-order valence-electron chi connectivity index (χ2n) is 3.56. The van der Waals surface area contributed by atoms with Crippen LogP contribution in [0.4, 0.5) is 0 Å². The average molecular weight is 143 g/mol. The van der Waals surface area contributed by atoms with Crippen molar-refractivity contribution < 1.29 is 10.2 Å². The molecule has 1 unspecified atom stereocenters. The zero-order chi connectivity index (χ0) is 7.19. The molecule has 58 valence electrons. The van der Waals surface area contributed by atoms with Crippen LogP contribution in [0, 0.1) is 5.92 Å². The number of aliphatic hydroxyl groups excluding tert-OH is 2. The molecule has 2 aliphatic heterocycles. The number of aliphatic hydroxyl groups is 2. The highest BCUT2D eigenvalue weighted by Crippen LogP contribution is 2.42. The molecule has 10 heavy (non-hydrogen) atoms. The predicted molar refractivity (Wildman–Crippen MR) is 36.6 cm³/mol. The van der Waals surface area contributed by atoms with E-state index in [-0.39, 0.29) is 18.2 Å². The third-order valence-electron chi connectivity index (χ3n) is 2.84. The molecule has 3 fully saturated rings. The van der Waals surface area contributed by atoms with E-state index in [0.717, 1.165) is 12.8 Å². The van der Waals surface area contributed by atoms with E-state index in [4.69, 9.17) is 5.11 Å². The molecule has 2 heterocycles. The minimum Gasteiger partial charge on any atom is -0.394 e. The minimum absolute atomic E-state index is 0.0100. The quantitative estimate of drug-likeness (QED) is 0.445. The molecule has 1 atom stereocenters.